The largest absolute Gasteiger partial charge is 0.459 e. The number of hydrogen-bond acceptors (Lipinski definition) is 9. The lowest BCUT2D eigenvalue weighted by Crippen LogP contribution is -2.34. The molecule has 9 nitrogen and oxygen atoms in total. The van der Waals surface area contributed by atoms with Gasteiger partial charge in [0.05, 0.1) is 22.3 Å². The van der Waals surface area contributed by atoms with E-state index in [0.29, 0.717) is 11.1 Å². The molecule has 4 aromatic carbocycles. The minimum absolute atomic E-state index is 0.0241. The smallest absolute Gasteiger partial charge is 0.338 e. The number of rotatable bonds is 15. The molecule has 0 aliphatic carbocycles. The van der Waals surface area contributed by atoms with E-state index in [1.807, 2.05) is 0 Å². The van der Waals surface area contributed by atoms with Crippen molar-refractivity contribution < 1.29 is 43.2 Å². The van der Waals surface area contributed by atoms with Gasteiger partial charge in [-0.15, -0.1) is 0 Å². The summed E-state index contributed by atoms with van der Waals surface area (Å²) in [6.45, 7) is -0.632. The van der Waals surface area contributed by atoms with E-state index in [-0.39, 0.29) is 43.6 Å². The molecule has 4 aromatic rings. The standard InChI is InChI=1S/C36H34O9/c37-22-21-30(43-34(39)27-15-7-2-8-16-27)23-31(44-35(40)28-17-9-3-10-18-28)24-32(45-36(41)29-19-11-4-12-20-29)25-42-33(38)26-13-5-1-6-14-26/h1-20,30-32,37H,21-25H2/t30-,31+,32-/m0/s1. The second kappa shape index (κ2) is 17.1. The van der Waals surface area contributed by atoms with E-state index >= 15 is 0 Å². The van der Waals surface area contributed by atoms with Gasteiger partial charge < -0.3 is 24.1 Å². The number of aliphatic hydroxyl groups excluding tert-OH is 1. The molecule has 0 bridgehead atoms. The normalized spacial score (nSPS) is 12.6. The number of carbonyl (C=O) groups is 4. The van der Waals surface area contributed by atoms with Crippen molar-refractivity contribution in [2.45, 2.75) is 37.6 Å². The van der Waals surface area contributed by atoms with Gasteiger partial charge in [0.1, 0.15) is 24.9 Å². The second-order valence-corrected chi connectivity index (χ2v) is 10.1. The van der Waals surface area contributed by atoms with Crippen molar-refractivity contribution in [2.24, 2.45) is 0 Å². The highest BCUT2D eigenvalue weighted by molar-refractivity contribution is 5.91. The highest BCUT2D eigenvalue weighted by Gasteiger charge is 2.29. The maximum Gasteiger partial charge on any atom is 0.338 e. The van der Waals surface area contributed by atoms with Crippen LogP contribution < -0.4 is 0 Å². The Morgan fingerprint density at radius 1 is 0.467 bits per heavy atom. The predicted molar refractivity (Wildman–Crippen MR) is 165 cm³/mol. The monoisotopic (exact) mass is 610 g/mol. The molecular formula is C36H34O9. The van der Waals surface area contributed by atoms with Crippen LogP contribution in [0.5, 0.6) is 0 Å². The van der Waals surface area contributed by atoms with Crippen molar-refractivity contribution in [3.8, 4) is 0 Å². The zero-order valence-corrected chi connectivity index (χ0v) is 24.5. The number of hydrogen-bond donors (Lipinski definition) is 1. The third-order valence-electron chi connectivity index (χ3n) is 6.76. The minimum Gasteiger partial charge on any atom is -0.459 e. The van der Waals surface area contributed by atoms with Crippen LogP contribution in [-0.2, 0) is 18.9 Å². The fourth-order valence-corrected chi connectivity index (χ4v) is 4.51. The molecule has 0 aromatic heterocycles. The Morgan fingerprint density at radius 2 is 0.800 bits per heavy atom. The molecule has 3 atom stereocenters. The van der Waals surface area contributed by atoms with Gasteiger partial charge in [-0.2, -0.15) is 0 Å². The number of carbonyl (C=O) groups excluding carboxylic acids is 4. The van der Waals surface area contributed by atoms with Crippen molar-refractivity contribution in [3.05, 3.63) is 144 Å². The van der Waals surface area contributed by atoms with Crippen LogP contribution in [0.15, 0.2) is 121 Å². The average molecular weight is 611 g/mol. The van der Waals surface area contributed by atoms with Gasteiger partial charge >= 0.3 is 23.9 Å². The molecule has 9 heteroatoms. The Kier molecular flexibility index (Phi) is 12.4. The van der Waals surface area contributed by atoms with Gasteiger partial charge in [-0.05, 0) is 48.5 Å². The maximum absolute atomic E-state index is 13.1. The van der Waals surface area contributed by atoms with Crippen molar-refractivity contribution in [2.75, 3.05) is 13.2 Å². The Morgan fingerprint density at radius 3 is 1.20 bits per heavy atom. The van der Waals surface area contributed by atoms with Gasteiger partial charge in [0, 0.05) is 25.9 Å². The fraction of sp³-hybridized carbons (Fsp3) is 0.222. The summed E-state index contributed by atoms with van der Waals surface area (Å²) in [5.74, 6) is -2.53. The van der Waals surface area contributed by atoms with E-state index < -0.39 is 42.2 Å². The quantitative estimate of drug-likeness (QED) is 0.134. The molecule has 0 heterocycles. The maximum atomic E-state index is 13.1. The molecule has 45 heavy (non-hydrogen) atoms. The molecule has 0 radical (unpaired) electrons. The van der Waals surface area contributed by atoms with Crippen LogP contribution in [0.3, 0.4) is 0 Å². The summed E-state index contributed by atoms with van der Waals surface area (Å²) in [6.07, 6.45) is -2.92. The van der Waals surface area contributed by atoms with Crippen LogP contribution in [-0.4, -0.2) is 60.5 Å². The second-order valence-electron chi connectivity index (χ2n) is 10.1. The molecule has 0 amide bonds. The van der Waals surface area contributed by atoms with Crippen LogP contribution in [0.1, 0.15) is 60.7 Å². The zero-order chi connectivity index (χ0) is 31.9. The lowest BCUT2D eigenvalue weighted by Gasteiger charge is -2.27. The van der Waals surface area contributed by atoms with Crippen molar-refractivity contribution >= 4 is 23.9 Å². The summed E-state index contributed by atoms with van der Waals surface area (Å²) in [4.78, 5) is 51.8. The van der Waals surface area contributed by atoms with E-state index in [1.165, 1.54) is 0 Å². The van der Waals surface area contributed by atoms with Crippen molar-refractivity contribution in [1.29, 1.82) is 0 Å². The van der Waals surface area contributed by atoms with E-state index in [2.05, 4.69) is 0 Å². The third-order valence-corrected chi connectivity index (χ3v) is 6.76. The third kappa shape index (κ3) is 10.4. The summed E-state index contributed by atoms with van der Waals surface area (Å²) in [7, 11) is 0. The van der Waals surface area contributed by atoms with Crippen molar-refractivity contribution in [1.82, 2.24) is 0 Å². The topological polar surface area (TPSA) is 125 Å². The molecule has 0 unspecified atom stereocenters. The van der Waals surface area contributed by atoms with Gasteiger partial charge in [0.15, 0.2) is 0 Å². The molecule has 4 rings (SSSR count). The van der Waals surface area contributed by atoms with Crippen LogP contribution in [0.25, 0.3) is 0 Å². The molecule has 0 fully saturated rings. The molecule has 0 saturated heterocycles. The number of aliphatic hydroxyl groups is 1. The Labute approximate surface area is 261 Å². The van der Waals surface area contributed by atoms with E-state index in [0.717, 1.165) is 0 Å². The molecule has 1 N–H and O–H groups in total. The molecule has 0 spiro atoms. The first-order valence-corrected chi connectivity index (χ1v) is 14.5. The van der Waals surface area contributed by atoms with Gasteiger partial charge in [0.2, 0.25) is 0 Å². The van der Waals surface area contributed by atoms with Gasteiger partial charge in [-0.25, -0.2) is 19.2 Å². The fourth-order valence-electron chi connectivity index (χ4n) is 4.51. The Balaban J connectivity index is 1.56. The number of esters is 4. The Bertz CT molecular complexity index is 1510. The van der Waals surface area contributed by atoms with E-state index in [1.54, 1.807) is 121 Å². The van der Waals surface area contributed by atoms with Gasteiger partial charge in [0.25, 0.3) is 0 Å². The summed E-state index contributed by atoms with van der Waals surface area (Å²) < 4.78 is 22.8. The molecule has 232 valence electrons. The molecule has 0 saturated carbocycles. The van der Waals surface area contributed by atoms with Gasteiger partial charge in [-0.1, -0.05) is 72.8 Å². The summed E-state index contributed by atoms with van der Waals surface area (Å²) in [5.41, 5.74) is 1.20. The summed E-state index contributed by atoms with van der Waals surface area (Å²) in [5, 5.41) is 9.75. The first-order valence-electron chi connectivity index (χ1n) is 14.5. The molecular weight excluding hydrogens is 576 g/mol. The first-order chi connectivity index (χ1) is 21.9. The highest BCUT2D eigenvalue weighted by atomic mass is 16.6. The SMILES string of the molecule is O=C(OC[C@H](C[C@@H](C[C@H](CCO)OC(=O)c1ccccc1)OC(=O)c1ccccc1)OC(=O)c1ccccc1)c1ccccc1. The Hall–Kier alpha value is -5.28. The number of benzene rings is 4. The lowest BCUT2D eigenvalue weighted by atomic mass is 10.0. The van der Waals surface area contributed by atoms with Crippen LogP contribution >= 0.6 is 0 Å². The molecule has 0 aliphatic rings. The lowest BCUT2D eigenvalue weighted by molar-refractivity contribution is -0.0360. The van der Waals surface area contributed by atoms with Crippen LogP contribution in [0, 0.1) is 0 Å². The van der Waals surface area contributed by atoms with Crippen molar-refractivity contribution in [3.63, 3.8) is 0 Å². The van der Waals surface area contributed by atoms with Gasteiger partial charge in [-0.3, -0.25) is 0 Å². The van der Waals surface area contributed by atoms with Crippen LogP contribution in [0.4, 0.5) is 0 Å². The van der Waals surface area contributed by atoms with E-state index in [4.69, 9.17) is 18.9 Å². The zero-order valence-electron chi connectivity index (χ0n) is 24.5. The first kappa shape index (κ1) is 32.6. The highest BCUT2D eigenvalue weighted by Crippen LogP contribution is 2.21. The minimum atomic E-state index is -1.04. The predicted octanol–water partition coefficient (Wildman–Crippen LogP) is 5.68. The van der Waals surface area contributed by atoms with E-state index in [9.17, 15) is 24.3 Å². The van der Waals surface area contributed by atoms with Crippen LogP contribution in [0.2, 0.25) is 0 Å². The average Bonchev–Trinajstić information content (AvgIpc) is 3.08. The summed E-state index contributed by atoms with van der Waals surface area (Å²) in [6, 6.07) is 33.3. The molecule has 0 aliphatic heterocycles. The number of ether oxygens (including phenoxy) is 4. The summed E-state index contributed by atoms with van der Waals surface area (Å²) >= 11 is 0.